The van der Waals surface area contributed by atoms with Gasteiger partial charge in [-0.15, -0.1) is 11.8 Å². The van der Waals surface area contributed by atoms with E-state index in [4.69, 9.17) is 0 Å². The highest BCUT2D eigenvalue weighted by atomic mass is 32.2. The molecule has 0 radical (unpaired) electrons. The van der Waals surface area contributed by atoms with Crippen molar-refractivity contribution in [2.24, 2.45) is 0 Å². The largest absolute Gasteiger partial charge is 0.336 e. The molecule has 1 heterocycles. The zero-order chi connectivity index (χ0) is 16.1. The zero-order valence-electron chi connectivity index (χ0n) is 13.3. The molecule has 120 valence electrons. The summed E-state index contributed by atoms with van der Waals surface area (Å²) in [5.41, 5.74) is 0.770. The maximum absolute atomic E-state index is 12.5. The lowest BCUT2D eigenvalue weighted by molar-refractivity contribution is -0.133. The third-order valence-corrected chi connectivity index (χ3v) is 4.72. The lowest BCUT2D eigenvalue weighted by Gasteiger charge is -2.35. The van der Waals surface area contributed by atoms with Gasteiger partial charge in [-0.1, -0.05) is 0 Å². The average Bonchev–Trinajstić information content (AvgIpc) is 2.48. The van der Waals surface area contributed by atoms with Crippen molar-refractivity contribution in [2.45, 2.75) is 37.0 Å². The predicted octanol–water partition coefficient (Wildman–Crippen LogP) is 1.95. The number of hydrogen-bond acceptors (Lipinski definition) is 4. The van der Waals surface area contributed by atoms with Gasteiger partial charge in [-0.05, 0) is 38.1 Å². The van der Waals surface area contributed by atoms with Gasteiger partial charge in [0.1, 0.15) is 0 Å². The van der Waals surface area contributed by atoms with Crippen LogP contribution in [0.5, 0.6) is 0 Å². The second-order valence-electron chi connectivity index (χ2n) is 5.55. The van der Waals surface area contributed by atoms with Crippen LogP contribution in [-0.4, -0.2) is 47.6 Å². The predicted molar refractivity (Wildman–Crippen MR) is 90.1 cm³/mol. The summed E-state index contributed by atoms with van der Waals surface area (Å²) >= 11 is 1.55. The highest BCUT2D eigenvalue weighted by Gasteiger charge is 2.27. The summed E-state index contributed by atoms with van der Waals surface area (Å²) in [4.78, 5) is 26.5. The Hall–Kier alpha value is -1.53. The van der Waals surface area contributed by atoms with Crippen molar-refractivity contribution < 1.29 is 9.59 Å². The summed E-state index contributed by atoms with van der Waals surface area (Å²) in [6.45, 7) is 7.99. The molecule has 1 aliphatic rings. The Morgan fingerprint density at radius 2 is 2.05 bits per heavy atom. The summed E-state index contributed by atoms with van der Waals surface area (Å²) in [5.74, 6) is 0.0987. The molecule has 0 aliphatic carbocycles. The Bertz CT molecular complexity index is 533. The first-order valence-corrected chi connectivity index (χ1v) is 8.41. The maximum Gasteiger partial charge on any atom is 0.236 e. The summed E-state index contributed by atoms with van der Waals surface area (Å²) in [5, 5.41) is 5.91. The van der Waals surface area contributed by atoms with E-state index in [2.05, 4.69) is 17.6 Å². The van der Waals surface area contributed by atoms with E-state index in [1.165, 1.54) is 6.92 Å². The van der Waals surface area contributed by atoms with Crippen molar-refractivity contribution in [1.29, 1.82) is 0 Å². The number of carbonyl (C=O) groups excluding carboxylic acids is 2. The van der Waals surface area contributed by atoms with Crippen molar-refractivity contribution in [2.75, 3.05) is 25.0 Å². The number of piperazine rings is 1. The van der Waals surface area contributed by atoms with Crippen molar-refractivity contribution >= 4 is 29.3 Å². The third kappa shape index (κ3) is 4.48. The van der Waals surface area contributed by atoms with Crippen molar-refractivity contribution in [3.8, 4) is 0 Å². The fourth-order valence-electron chi connectivity index (χ4n) is 2.48. The van der Waals surface area contributed by atoms with Crippen LogP contribution in [0.25, 0.3) is 0 Å². The maximum atomic E-state index is 12.5. The number of nitrogens with one attached hydrogen (secondary N) is 2. The average molecular weight is 321 g/mol. The number of benzene rings is 1. The first-order chi connectivity index (χ1) is 10.5. The Morgan fingerprint density at radius 3 is 2.64 bits per heavy atom. The summed E-state index contributed by atoms with van der Waals surface area (Å²) < 4.78 is 0. The number of thioether (sulfide) groups is 1. The SMILES string of the molecule is CC(=O)Nc1ccc(SC(C)C(=O)N2CCNC[C@H]2C)cc1. The first kappa shape index (κ1) is 16.8. The Balaban J connectivity index is 1.94. The quantitative estimate of drug-likeness (QED) is 0.832. The van der Waals surface area contributed by atoms with Crippen LogP contribution in [0.2, 0.25) is 0 Å². The van der Waals surface area contributed by atoms with Crippen molar-refractivity contribution in [1.82, 2.24) is 10.2 Å². The van der Waals surface area contributed by atoms with E-state index >= 15 is 0 Å². The third-order valence-electron chi connectivity index (χ3n) is 3.62. The molecule has 2 rings (SSSR count). The molecular formula is C16H23N3O2S. The fraction of sp³-hybridized carbons (Fsp3) is 0.500. The van der Waals surface area contributed by atoms with E-state index in [0.29, 0.717) is 0 Å². The molecule has 0 bridgehead atoms. The highest BCUT2D eigenvalue weighted by Crippen LogP contribution is 2.26. The summed E-state index contributed by atoms with van der Waals surface area (Å²) in [6, 6.07) is 7.82. The number of hydrogen-bond donors (Lipinski definition) is 2. The van der Waals surface area contributed by atoms with Gasteiger partial charge in [0, 0.05) is 43.2 Å². The lowest BCUT2D eigenvalue weighted by atomic mass is 10.2. The van der Waals surface area contributed by atoms with Crippen LogP contribution < -0.4 is 10.6 Å². The number of carbonyl (C=O) groups is 2. The van der Waals surface area contributed by atoms with Gasteiger partial charge in [-0.3, -0.25) is 9.59 Å². The molecule has 1 saturated heterocycles. The molecule has 1 aliphatic heterocycles. The molecule has 6 heteroatoms. The minimum atomic E-state index is -0.118. The van der Waals surface area contributed by atoms with Gasteiger partial charge in [0.05, 0.1) is 5.25 Å². The monoisotopic (exact) mass is 321 g/mol. The first-order valence-electron chi connectivity index (χ1n) is 7.53. The molecule has 22 heavy (non-hydrogen) atoms. The van der Waals surface area contributed by atoms with E-state index in [9.17, 15) is 9.59 Å². The molecule has 2 N–H and O–H groups in total. The molecule has 0 spiro atoms. The smallest absolute Gasteiger partial charge is 0.236 e. The number of amides is 2. The van der Waals surface area contributed by atoms with Crippen LogP contribution >= 0.6 is 11.8 Å². The van der Waals surface area contributed by atoms with Crippen LogP contribution in [0.1, 0.15) is 20.8 Å². The number of nitrogens with zero attached hydrogens (tertiary/aromatic N) is 1. The van der Waals surface area contributed by atoms with Crippen molar-refractivity contribution in [3.05, 3.63) is 24.3 Å². The standard InChI is InChI=1S/C16H23N3O2S/c1-11-10-17-8-9-19(11)16(21)12(2)22-15-6-4-14(5-7-15)18-13(3)20/h4-7,11-12,17H,8-10H2,1-3H3,(H,18,20)/t11-,12?/m1/s1. The van der Waals surface area contributed by atoms with Gasteiger partial charge < -0.3 is 15.5 Å². The van der Waals surface area contributed by atoms with Crippen LogP contribution in [0.4, 0.5) is 5.69 Å². The van der Waals surface area contributed by atoms with E-state index < -0.39 is 0 Å². The molecule has 1 unspecified atom stereocenters. The highest BCUT2D eigenvalue weighted by molar-refractivity contribution is 8.00. The summed E-state index contributed by atoms with van der Waals surface area (Å²) in [7, 11) is 0. The second-order valence-corrected chi connectivity index (χ2v) is 6.96. The second kappa shape index (κ2) is 7.65. The molecule has 2 amide bonds. The molecule has 5 nitrogen and oxygen atoms in total. The number of anilines is 1. The van der Waals surface area contributed by atoms with E-state index in [1.807, 2.05) is 36.1 Å². The molecule has 2 atom stereocenters. The molecule has 1 aromatic carbocycles. The van der Waals surface area contributed by atoms with Gasteiger partial charge in [0.15, 0.2) is 0 Å². The molecular weight excluding hydrogens is 298 g/mol. The minimum Gasteiger partial charge on any atom is -0.336 e. The Morgan fingerprint density at radius 1 is 1.36 bits per heavy atom. The Labute approximate surface area is 135 Å². The van der Waals surface area contributed by atoms with Crippen LogP contribution in [0, 0.1) is 0 Å². The van der Waals surface area contributed by atoms with Crippen LogP contribution in [0.3, 0.4) is 0 Å². The van der Waals surface area contributed by atoms with Gasteiger partial charge in [-0.2, -0.15) is 0 Å². The number of rotatable bonds is 4. The van der Waals surface area contributed by atoms with Crippen LogP contribution in [0.15, 0.2) is 29.2 Å². The van der Waals surface area contributed by atoms with Crippen molar-refractivity contribution in [3.63, 3.8) is 0 Å². The topological polar surface area (TPSA) is 61.4 Å². The summed E-state index contributed by atoms with van der Waals surface area (Å²) in [6.07, 6.45) is 0. The van der Waals surface area contributed by atoms with Crippen LogP contribution in [-0.2, 0) is 9.59 Å². The van der Waals surface area contributed by atoms with Gasteiger partial charge >= 0.3 is 0 Å². The molecule has 1 fully saturated rings. The Kier molecular flexibility index (Phi) is 5.85. The zero-order valence-corrected chi connectivity index (χ0v) is 14.1. The van der Waals surface area contributed by atoms with Gasteiger partial charge in [0.2, 0.25) is 11.8 Å². The van der Waals surface area contributed by atoms with Gasteiger partial charge in [-0.25, -0.2) is 0 Å². The normalized spacial score (nSPS) is 19.6. The van der Waals surface area contributed by atoms with Gasteiger partial charge in [0.25, 0.3) is 0 Å². The van der Waals surface area contributed by atoms with E-state index in [0.717, 1.165) is 30.2 Å². The molecule has 1 aromatic rings. The minimum absolute atomic E-state index is 0.0864. The molecule has 0 saturated carbocycles. The fourth-order valence-corrected chi connectivity index (χ4v) is 3.41. The van der Waals surface area contributed by atoms with E-state index in [1.54, 1.807) is 11.8 Å². The van der Waals surface area contributed by atoms with E-state index in [-0.39, 0.29) is 23.1 Å². The lowest BCUT2D eigenvalue weighted by Crippen LogP contribution is -2.54. The molecule has 0 aromatic heterocycles.